The van der Waals surface area contributed by atoms with Gasteiger partial charge < -0.3 is 35.7 Å². The first-order chi connectivity index (χ1) is 18.0. The molecule has 0 aliphatic carbocycles. The summed E-state index contributed by atoms with van der Waals surface area (Å²) in [5.74, 6) is 1.11. The van der Waals surface area contributed by atoms with Crippen LogP contribution in [-0.2, 0) is 4.79 Å². The molecule has 1 unspecified atom stereocenters. The molecule has 4 heterocycles. The Balaban J connectivity index is 0.000000448. The van der Waals surface area contributed by atoms with Crippen LogP contribution in [0.4, 0.5) is 11.8 Å². The monoisotopic (exact) mass is 515 g/mol. The van der Waals surface area contributed by atoms with Gasteiger partial charge in [0.05, 0.1) is 17.5 Å². The maximum absolute atomic E-state index is 8.40. The normalized spacial score (nSPS) is 14.4. The quantitative estimate of drug-likeness (QED) is 0.313. The van der Waals surface area contributed by atoms with Gasteiger partial charge in [-0.2, -0.15) is 4.98 Å². The van der Waals surface area contributed by atoms with Gasteiger partial charge in [-0.15, -0.1) is 0 Å². The Bertz CT molecular complexity index is 1010. The number of nitrogens with one attached hydrogen (secondary N) is 2. The first-order valence-corrected chi connectivity index (χ1v) is 13.0. The molecule has 0 radical (unpaired) electrons. The predicted molar refractivity (Wildman–Crippen MR) is 152 cm³/mol. The maximum atomic E-state index is 8.40. The van der Waals surface area contributed by atoms with E-state index in [0.717, 1.165) is 56.6 Å². The number of rotatable bonds is 9. The number of unbranched alkanes of at least 4 members (excludes halogenated alkanes) is 2. The molecule has 0 spiro atoms. The first kappa shape index (κ1) is 31.9. The van der Waals surface area contributed by atoms with E-state index in [0.29, 0.717) is 35.7 Å². The predicted octanol–water partition coefficient (Wildman–Crippen LogP) is 2.74. The van der Waals surface area contributed by atoms with Crippen molar-refractivity contribution in [2.24, 2.45) is 0 Å². The van der Waals surface area contributed by atoms with E-state index in [-0.39, 0.29) is 0 Å². The van der Waals surface area contributed by atoms with Crippen molar-refractivity contribution < 1.29 is 9.90 Å². The molecule has 3 aromatic heterocycles. The molecule has 1 aliphatic heterocycles. The third-order valence-corrected chi connectivity index (χ3v) is 5.78. The highest BCUT2D eigenvalue weighted by Gasteiger charge is 2.26. The summed E-state index contributed by atoms with van der Waals surface area (Å²) in [4.78, 5) is 33.3. The molecule has 1 aliphatic rings. The van der Waals surface area contributed by atoms with E-state index in [4.69, 9.17) is 15.6 Å². The molecule has 11 heteroatoms. The van der Waals surface area contributed by atoms with E-state index in [2.05, 4.69) is 61.1 Å². The van der Waals surface area contributed by atoms with Crippen LogP contribution in [0.25, 0.3) is 22.4 Å². The SMILES string of the molecule is C=O.CC.CCNCCCCCO.CN(C)C1CCN(c2ncc(-c3cnc4[nH]ccc4n3)c(N)n2)C1. The smallest absolute Gasteiger partial charge is 0.227 e. The second kappa shape index (κ2) is 18.1. The molecule has 1 saturated heterocycles. The Morgan fingerprint density at radius 1 is 1.19 bits per heavy atom. The van der Waals surface area contributed by atoms with Crippen LogP contribution in [0.2, 0.25) is 0 Å². The summed E-state index contributed by atoms with van der Waals surface area (Å²) in [5, 5.41) is 11.6. The number of aromatic nitrogens is 5. The molecular weight excluding hydrogens is 470 g/mol. The van der Waals surface area contributed by atoms with Crippen LogP contribution in [0.5, 0.6) is 0 Å². The first-order valence-electron chi connectivity index (χ1n) is 13.0. The standard InChI is InChI=1S/C16H20N8.C7H17NO.C2H6.CH2O/c1-23(2)10-4-6-24(9-10)16-20-7-11(14(17)22-16)13-8-19-15-12(21-13)3-5-18-15;1-2-8-6-4-3-5-7-9;2*1-2/h3,5,7-8,10H,4,6,9H2,1-2H3,(H,18,19)(H2,17,20,22);8-9H,2-7H2,1H3;1-2H3;1H2. The molecule has 0 saturated carbocycles. The van der Waals surface area contributed by atoms with Crippen molar-refractivity contribution in [3.05, 3.63) is 24.7 Å². The lowest BCUT2D eigenvalue weighted by atomic mass is 10.2. The van der Waals surface area contributed by atoms with Gasteiger partial charge in [-0.3, -0.25) is 0 Å². The van der Waals surface area contributed by atoms with Crippen molar-refractivity contribution >= 4 is 29.7 Å². The number of likely N-dealkylation sites (N-methyl/N-ethyl adjacent to an activating group) is 1. The molecule has 0 aromatic carbocycles. The zero-order chi connectivity index (χ0) is 27.6. The van der Waals surface area contributed by atoms with E-state index in [1.54, 1.807) is 12.4 Å². The summed E-state index contributed by atoms with van der Waals surface area (Å²) in [6.45, 7) is 12.4. The number of nitrogens with zero attached hydrogens (tertiary/aromatic N) is 6. The van der Waals surface area contributed by atoms with Gasteiger partial charge in [0.15, 0.2) is 5.65 Å². The average molecular weight is 516 g/mol. The summed E-state index contributed by atoms with van der Waals surface area (Å²) in [6.07, 6.45) is 9.62. The lowest BCUT2D eigenvalue weighted by Crippen LogP contribution is -2.32. The number of aromatic amines is 1. The molecule has 37 heavy (non-hydrogen) atoms. The van der Waals surface area contributed by atoms with Gasteiger partial charge in [0.1, 0.15) is 18.1 Å². The van der Waals surface area contributed by atoms with E-state index in [9.17, 15) is 0 Å². The zero-order valence-electron chi connectivity index (χ0n) is 23.1. The minimum Gasteiger partial charge on any atom is -0.396 e. The highest BCUT2D eigenvalue weighted by atomic mass is 16.2. The van der Waals surface area contributed by atoms with Crippen molar-refractivity contribution in [1.29, 1.82) is 0 Å². The largest absolute Gasteiger partial charge is 0.396 e. The Morgan fingerprint density at radius 2 is 1.95 bits per heavy atom. The van der Waals surface area contributed by atoms with Crippen LogP contribution in [0.15, 0.2) is 24.7 Å². The lowest BCUT2D eigenvalue weighted by molar-refractivity contribution is -0.0980. The number of fused-ring (bicyclic) bond motifs is 1. The third kappa shape index (κ3) is 10.0. The minimum atomic E-state index is 0.339. The number of hydrogen-bond acceptors (Lipinski definition) is 10. The van der Waals surface area contributed by atoms with Gasteiger partial charge in [-0.25, -0.2) is 15.0 Å². The number of nitrogen functional groups attached to an aromatic ring is 1. The second-order valence-corrected chi connectivity index (χ2v) is 8.43. The van der Waals surface area contributed by atoms with Gasteiger partial charge >= 0.3 is 0 Å². The van der Waals surface area contributed by atoms with Gasteiger partial charge in [0, 0.05) is 38.1 Å². The molecule has 3 aromatic rings. The second-order valence-electron chi connectivity index (χ2n) is 8.43. The van der Waals surface area contributed by atoms with Crippen molar-refractivity contribution in [2.45, 2.75) is 52.5 Å². The van der Waals surface area contributed by atoms with Crippen LogP contribution in [-0.4, -0.2) is 94.6 Å². The van der Waals surface area contributed by atoms with Crippen molar-refractivity contribution in [2.75, 3.05) is 57.5 Å². The number of nitrogens with two attached hydrogens (primary N) is 1. The van der Waals surface area contributed by atoms with E-state index in [1.165, 1.54) is 6.42 Å². The third-order valence-electron chi connectivity index (χ3n) is 5.78. The number of carbonyl (C=O) groups is 1. The van der Waals surface area contributed by atoms with Crippen LogP contribution in [0, 0.1) is 0 Å². The van der Waals surface area contributed by atoms with Crippen LogP contribution in [0.3, 0.4) is 0 Å². The fraction of sp³-hybridized carbons (Fsp3) is 0.577. The van der Waals surface area contributed by atoms with Gasteiger partial charge in [0.2, 0.25) is 5.95 Å². The summed E-state index contributed by atoms with van der Waals surface area (Å²) in [5.41, 5.74) is 9.10. The summed E-state index contributed by atoms with van der Waals surface area (Å²) >= 11 is 0. The fourth-order valence-corrected chi connectivity index (χ4v) is 3.76. The Morgan fingerprint density at radius 3 is 2.57 bits per heavy atom. The summed E-state index contributed by atoms with van der Waals surface area (Å²) < 4.78 is 0. The number of hydrogen-bond donors (Lipinski definition) is 4. The lowest BCUT2D eigenvalue weighted by Gasteiger charge is -2.20. The molecule has 1 atom stereocenters. The van der Waals surface area contributed by atoms with Crippen molar-refractivity contribution in [3.8, 4) is 11.3 Å². The molecule has 0 bridgehead atoms. The van der Waals surface area contributed by atoms with Crippen LogP contribution in [0.1, 0.15) is 46.5 Å². The van der Waals surface area contributed by atoms with Gasteiger partial charge in [-0.05, 0) is 58.9 Å². The summed E-state index contributed by atoms with van der Waals surface area (Å²) in [7, 11) is 4.20. The Hall–Kier alpha value is -3.15. The van der Waals surface area contributed by atoms with Crippen molar-refractivity contribution in [3.63, 3.8) is 0 Å². The van der Waals surface area contributed by atoms with Gasteiger partial charge in [0.25, 0.3) is 0 Å². The van der Waals surface area contributed by atoms with Gasteiger partial charge in [-0.1, -0.05) is 20.8 Å². The van der Waals surface area contributed by atoms with E-state index < -0.39 is 0 Å². The van der Waals surface area contributed by atoms with E-state index in [1.807, 2.05) is 32.9 Å². The molecule has 11 nitrogen and oxygen atoms in total. The highest BCUT2D eigenvalue weighted by molar-refractivity contribution is 5.77. The van der Waals surface area contributed by atoms with Crippen LogP contribution >= 0.6 is 0 Å². The molecule has 206 valence electrons. The molecule has 4 rings (SSSR count). The highest BCUT2D eigenvalue weighted by Crippen LogP contribution is 2.26. The number of carbonyl (C=O) groups excluding carboxylic acids is 1. The minimum absolute atomic E-state index is 0.339. The topological polar surface area (TPSA) is 149 Å². The fourth-order valence-electron chi connectivity index (χ4n) is 3.76. The number of anilines is 2. The number of aliphatic hydroxyl groups excluding tert-OH is 1. The van der Waals surface area contributed by atoms with Crippen LogP contribution < -0.4 is 16.0 Å². The summed E-state index contributed by atoms with van der Waals surface area (Å²) in [6, 6.07) is 2.40. The molecular formula is C26H45N9O2. The molecule has 5 N–H and O–H groups in total. The Labute approximate surface area is 220 Å². The average Bonchev–Trinajstić information content (AvgIpc) is 3.61. The molecule has 1 fully saturated rings. The number of aliphatic hydroxyl groups is 1. The van der Waals surface area contributed by atoms with E-state index >= 15 is 0 Å². The zero-order valence-corrected chi connectivity index (χ0v) is 23.1. The number of H-pyrrole nitrogens is 1. The maximum Gasteiger partial charge on any atom is 0.227 e. The van der Waals surface area contributed by atoms with Crippen molar-refractivity contribution in [1.82, 2.24) is 35.1 Å². The Kier molecular flexibility index (Phi) is 15.6. The molecule has 0 amide bonds.